The Balaban J connectivity index is 1.26. The number of benzene rings is 1. The lowest BCUT2D eigenvalue weighted by Gasteiger charge is -2.33. The highest BCUT2D eigenvalue weighted by molar-refractivity contribution is 5.95. The third-order valence-electron chi connectivity index (χ3n) is 6.76. The van der Waals surface area contributed by atoms with Crippen LogP contribution in [0.2, 0.25) is 0 Å². The molecule has 1 aliphatic carbocycles. The van der Waals surface area contributed by atoms with E-state index in [1.54, 1.807) is 47.4 Å². The van der Waals surface area contributed by atoms with Gasteiger partial charge in [-0.3, -0.25) is 9.48 Å². The lowest BCUT2D eigenvalue weighted by Crippen LogP contribution is -2.48. The summed E-state index contributed by atoms with van der Waals surface area (Å²) in [6, 6.07) is 10.6. The third-order valence-corrected chi connectivity index (χ3v) is 6.76. The number of aromatic nitrogens is 3. The normalized spacial score (nSPS) is 22.7. The maximum Gasteiger partial charge on any atom is 0.407 e. The zero-order valence-electron chi connectivity index (χ0n) is 20.0. The molecule has 0 radical (unpaired) electrons. The van der Waals surface area contributed by atoms with Gasteiger partial charge >= 0.3 is 6.09 Å². The number of carboxylic acid groups (broad SMARTS) is 1. The van der Waals surface area contributed by atoms with Gasteiger partial charge in [0.2, 0.25) is 5.91 Å². The molecule has 37 heavy (non-hydrogen) atoms. The molecule has 0 bridgehead atoms. The van der Waals surface area contributed by atoms with Crippen molar-refractivity contribution in [1.29, 1.82) is 5.26 Å². The van der Waals surface area contributed by atoms with Crippen LogP contribution in [0.4, 0.5) is 15.0 Å². The zero-order chi connectivity index (χ0) is 26.1. The Bertz CT molecular complexity index is 1390. The molecule has 4 atom stereocenters. The highest BCUT2D eigenvalue weighted by Crippen LogP contribution is 2.47. The highest BCUT2D eigenvalue weighted by Gasteiger charge is 2.44. The van der Waals surface area contributed by atoms with Crippen LogP contribution in [0.15, 0.2) is 48.9 Å². The van der Waals surface area contributed by atoms with Gasteiger partial charge in [-0.05, 0) is 53.3 Å². The first kappa shape index (κ1) is 24.2. The Labute approximate surface area is 212 Å². The topological polar surface area (TPSA) is 133 Å². The van der Waals surface area contributed by atoms with E-state index in [1.165, 1.54) is 0 Å². The molecule has 3 heterocycles. The van der Waals surface area contributed by atoms with E-state index in [9.17, 15) is 19.2 Å². The van der Waals surface area contributed by atoms with E-state index in [0.29, 0.717) is 11.4 Å². The summed E-state index contributed by atoms with van der Waals surface area (Å²) in [4.78, 5) is 29.1. The molecule has 190 valence electrons. The van der Waals surface area contributed by atoms with Crippen molar-refractivity contribution < 1.29 is 23.8 Å². The van der Waals surface area contributed by atoms with E-state index in [2.05, 4.69) is 21.5 Å². The van der Waals surface area contributed by atoms with Gasteiger partial charge in [0.05, 0.1) is 18.3 Å². The van der Waals surface area contributed by atoms with Crippen LogP contribution in [0, 0.1) is 17.2 Å². The Kier molecular flexibility index (Phi) is 6.48. The minimum absolute atomic E-state index is 0.102. The van der Waals surface area contributed by atoms with Crippen LogP contribution < -0.4 is 10.1 Å². The fourth-order valence-corrected chi connectivity index (χ4v) is 4.63. The van der Waals surface area contributed by atoms with Gasteiger partial charge in [0.1, 0.15) is 23.7 Å². The van der Waals surface area contributed by atoms with E-state index in [4.69, 9.17) is 9.84 Å². The molecule has 2 fully saturated rings. The van der Waals surface area contributed by atoms with E-state index in [0.717, 1.165) is 22.4 Å². The number of nitrogens with one attached hydrogen (secondary N) is 1. The lowest BCUT2D eigenvalue weighted by atomic mass is 10.0. The second-order valence-electron chi connectivity index (χ2n) is 9.33. The summed E-state index contributed by atoms with van der Waals surface area (Å²) in [5.41, 5.74) is 2.72. The van der Waals surface area contributed by atoms with Crippen molar-refractivity contribution in [2.45, 2.75) is 31.0 Å². The summed E-state index contributed by atoms with van der Waals surface area (Å²) in [7, 11) is 1.84. The second kappa shape index (κ2) is 9.89. The van der Waals surface area contributed by atoms with Crippen molar-refractivity contribution in [2.75, 3.05) is 18.4 Å². The number of nitriles is 1. The molecule has 1 aliphatic heterocycles. The summed E-state index contributed by atoms with van der Waals surface area (Å²) in [5, 5.41) is 25.8. The molecule has 1 aromatic carbocycles. The minimum Gasteiger partial charge on any atom is -0.486 e. The minimum atomic E-state index is -1.49. The van der Waals surface area contributed by atoms with Gasteiger partial charge in [-0.1, -0.05) is 6.07 Å². The van der Waals surface area contributed by atoms with Crippen LogP contribution in [-0.2, 0) is 11.8 Å². The van der Waals surface area contributed by atoms with Gasteiger partial charge in [0.25, 0.3) is 0 Å². The van der Waals surface area contributed by atoms with Crippen LogP contribution in [0.25, 0.3) is 11.1 Å². The van der Waals surface area contributed by atoms with Gasteiger partial charge in [-0.25, -0.2) is 14.2 Å². The fraction of sp³-hybridized carbons (Fsp3) is 0.346. The van der Waals surface area contributed by atoms with Crippen LogP contribution >= 0.6 is 0 Å². The fourth-order valence-electron chi connectivity index (χ4n) is 4.63. The van der Waals surface area contributed by atoms with Gasteiger partial charge in [-0.15, -0.1) is 0 Å². The number of carbonyl (C=O) groups excluding carboxylic acids is 1. The van der Waals surface area contributed by atoms with Crippen LogP contribution in [0.3, 0.4) is 0 Å². The standard InChI is InChI=1S/C26H25FN6O4/c1-32-13-18(12-30-32)19-10-20(19)25(34)31-24-9-16(4-6-29-24)15-2-3-22(17(8-15)11-28)37-23-5-7-33(26(35)36)14-21(23)27/h2-4,6,8-9,12-13,19-21,23H,5,7,10,14H2,1H3,(H,35,36)(H,29,31,34)/t19?,20?,21-,23+/m1/s1. The van der Waals surface area contributed by atoms with Crippen molar-refractivity contribution in [3.63, 3.8) is 0 Å². The predicted octanol–water partition coefficient (Wildman–Crippen LogP) is 3.57. The SMILES string of the molecule is Cn1cc(C2CC2C(=O)Nc2cc(-c3ccc(O[C@H]4CCN(C(=O)O)C[C@H]4F)c(C#N)c3)ccn2)cn1. The summed E-state index contributed by atoms with van der Waals surface area (Å²) in [6.07, 6.45) is 2.74. The molecule has 1 saturated heterocycles. The van der Waals surface area contributed by atoms with Gasteiger partial charge in [0, 0.05) is 38.3 Å². The number of halogens is 1. The number of pyridine rings is 1. The van der Waals surface area contributed by atoms with E-state index in [1.807, 2.05) is 13.2 Å². The molecule has 5 rings (SSSR count). The van der Waals surface area contributed by atoms with Crippen molar-refractivity contribution >= 4 is 17.8 Å². The number of hydrogen-bond donors (Lipinski definition) is 2. The average molecular weight is 505 g/mol. The van der Waals surface area contributed by atoms with Crippen molar-refractivity contribution in [2.24, 2.45) is 13.0 Å². The van der Waals surface area contributed by atoms with Gasteiger partial charge < -0.3 is 20.1 Å². The number of rotatable bonds is 6. The number of amides is 2. The van der Waals surface area contributed by atoms with E-state index in [-0.39, 0.29) is 48.6 Å². The number of aryl methyl sites for hydroxylation is 1. The highest BCUT2D eigenvalue weighted by atomic mass is 19.1. The summed E-state index contributed by atoms with van der Waals surface area (Å²) >= 11 is 0. The van der Waals surface area contributed by atoms with Crippen LogP contribution in [0.5, 0.6) is 5.75 Å². The summed E-state index contributed by atoms with van der Waals surface area (Å²) in [6.45, 7) is -0.106. The van der Waals surface area contributed by atoms with Crippen molar-refractivity contribution in [3.8, 4) is 22.9 Å². The molecule has 10 nitrogen and oxygen atoms in total. The Morgan fingerprint density at radius 2 is 2.08 bits per heavy atom. The Hall–Kier alpha value is -4.46. The number of carbonyl (C=O) groups is 2. The quantitative estimate of drug-likeness (QED) is 0.524. The number of piperidine rings is 1. The number of anilines is 1. The first-order valence-corrected chi connectivity index (χ1v) is 11.9. The summed E-state index contributed by atoms with van der Waals surface area (Å²) in [5.74, 6) is 0.569. The molecular formula is C26H25FN6O4. The van der Waals surface area contributed by atoms with E-state index >= 15 is 0 Å². The largest absolute Gasteiger partial charge is 0.486 e. The predicted molar refractivity (Wildman–Crippen MR) is 131 cm³/mol. The van der Waals surface area contributed by atoms with E-state index < -0.39 is 18.4 Å². The molecule has 2 amide bonds. The maximum absolute atomic E-state index is 14.5. The Morgan fingerprint density at radius 1 is 1.27 bits per heavy atom. The van der Waals surface area contributed by atoms with Crippen molar-refractivity contribution in [3.05, 3.63) is 60.0 Å². The molecular weight excluding hydrogens is 479 g/mol. The molecule has 3 aromatic rings. The molecule has 2 unspecified atom stereocenters. The molecule has 0 spiro atoms. The lowest BCUT2D eigenvalue weighted by molar-refractivity contribution is -0.117. The maximum atomic E-state index is 14.5. The number of likely N-dealkylation sites (tertiary alicyclic amines) is 1. The monoisotopic (exact) mass is 504 g/mol. The molecule has 2 aliphatic rings. The van der Waals surface area contributed by atoms with Crippen LogP contribution in [0.1, 0.15) is 29.9 Å². The van der Waals surface area contributed by atoms with Crippen molar-refractivity contribution in [1.82, 2.24) is 19.7 Å². The first-order chi connectivity index (χ1) is 17.8. The third kappa shape index (κ3) is 5.23. The first-order valence-electron chi connectivity index (χ1n) is 11.9. The number of nitrogens with zero attached hydrogens (tertiary/aromatic N) is 5. The number of hydrogen-bond acceptors (Lipinski definition) is 6. The molecule has 1 saturated carbocycles. The molecule has 2 N–H and O–H groups in total. The number of ether oxygens (including phenoxy) is 1. The van der Waals surface area contributed by atoms with Gasteiger partial charge in [-0.2, -0.15) is 10.4 Å². The number of alkyl halides is 1. The second-order valence-corrected chi connectivity index (χ2v) is 9.33. The molecule has 11 heteroatoms. The molecule has 2 aromatic heterocycles. The average Bonchev–Trinajstić information content (AvgIpc) is 3.58. The summed E-state index contributed by atoms with van der Waals surface area (Å²) < 4.78 is 22.0. The van der Waals surface area contributed by atoms with Gasteiger partial charge in [0.15, 0.2) is 6.17 Å². The smallest absolute Gasteiger partial charge is 0.407 e. The zero-order valence-corrected chi connectivity index (χ0v) is 20.0. The Morgan fingerprint density at radius 3 is 2.78 bits per heavy atom. The van der Waals surface area contributed by atoms with Crippen LogP contribution in [-0.4, -0.2) is 62.1 Å².